The maximum atomic E-state index is 11.9. The predicted octanol–water partition coefficient (Wildman–Crippen LogP) is 3.13. The van der Waals surface area contributed by atoms with Crippen molar-refractivity contribution in [3.05, 3.63) is 12.2 Å². The number of ether oxygens (including phenoxy) is 2. The highest BCUT2D eigenvalue weighted by atomic mass is 28.3. The number of carbonyl (C=O) groups excluding carboxylic acids is 2. The first kappa shape index (κ1) is 21.3. The molecule has 6 heteroatoms. The van der Waals surface area contributed by atoms with Crippen LogP contribution in [0.1, 0.15) is 27.7 Å². The van der Waals surface area contributed by atoms with E-state index in [1.165, 1.54) is 7.11 Å². The monoisotopic (exact) mass is 339 g/mol. The van der Waals surface area contributed by atoms with Crippen LogP contribution in [-0.2, 0) is 14.3 Å². The predicted molar refractivity (Wildman–Crippen MR) is 94.6 cm³/mol. The maximum absolute atomic E-state index is 11.9. The highest BCUT2D eigenvalue weighted by Crippen LogP contribution is 2.11. The molecule has 0 aliphatic rings. The molecule has 1 N–H and O–H groups in total. The zero-order chi connectivity index (χ0) is 18.3. The molecule has 5 nitrogen and oxygen atoms in total. The molecule has 0 fully saturated rings. The Morgan fingerprint density at radius 2 is 1.78 bits per heavy atom. The van der Waals surface area contributed by atoms with E-state index in [9.17, 15) is 9.59 Å². The molecule has 0 radical (unpaired) electrons. The average molecular weight is 340 g/mol. The Balaban J connectivity index is 4.96. The first-order valence-electron chi connectivity index (χ1n) is 7.62. The van der Waals surface area contributed by atoms with Crippen LogP contribution in [-0.4, -0.2) is 38.9 Å². The normalized spacial score (nSPS) is 14.4. The van der Waals surface area contributed by atoms with Gasteiger partial charge in [0, 0.05) is 5.92 Å². The van der Waals surface area contributed by atoms with E-state index in [2.05, 4.69) is 36.4 Å². The van der Waals surface area contributed by atoms with Gasteiger partial charge in [0.15, 0.2) is 0 Å². The molecule has 1 amide bonds. The Kier molecular flexibility index (Phi) is 8.11. The van der Waals surface area contributed by atoms with Gasteiger partial charge >= 0.3 is 12.1 Å². The van der Waals surface area contributed by atoms with E-state index in [0.717, 1.165) is 0 Å². The second kappa shape index (κ2) is 8.78. The lowest BCUT2D eigenvalue weighted by atomic mass is 10.0. The van der Waals surface area contributed by atoms with Crippen molar-refractivity contribution in [2.24, 2.45) is 5.92 Å². The first-order chi connectivity index (χ1) is 10.4. The summed E-state index contributed by atoms with van der Waals surface area (Å²) in [6, 6.07) is -0.820. The summed E-state index contributed by atoms with van der Waals surface area (Å²) in [7, 11) is -0.147. The molecular formula is C17H29NO4Si. The molecule has 23 heavy (non-hydrogen) atoms. The maximum Gasteiger partial charge on any atom is 0.408 e. The summed E-state index contributed by atoms with van der Waals surface area (Å²) in [4.78, 5) is 23.8. The molecule has 0 saturated carbocycles. The second-order valence-corrected chi connectivity index (χ2v) is 12.1. The Morgan fingerprint density at radius 3 is 2.22 bits per heavy atom. The lowest BCUT2D eigenvalue weighted by Gasteiger charge is -2.24. The van der Waals surface area contributed by atoms with Crippen molar-refractivity contribution in [3.8, 4) is 11.5 Å². The van der Waals surface area contributed by atoms with Crippen LogP contribution in [0.25, 0.3) is 0 Å². The molecule has 0 aromatic rings. The highest BCUT2D eigenvalue weighted by Gasteiger charge is 2.28. The van der Waals surface area contributed by atoms with Gasteiger partial charge in [-0.1, -0.05) is 38.6 Å². The van der Waals surface area contributed by atoms with Gasteiger partial charge in [0.2, 0.25) is 0 Å². The lowest BCUT2D eigenvalue weighted by molar-refractivity contribution is -0.144. The van der Waals surface area contributed by atoms with Gasteiger partial charge in [-0.3, -0.25) is 0 Å². The Hall–Kier alpha value is -1.74. The topological polar surface area (TPSA) is 64.6 Å². The third-order valence-electron chi connectivity index (χ3n) is 2.58. The van der Waals surface area contributed by atoms with Crippen LogP contribution in [0.4, 0.5) is 4.79 Å². The molecule has 0 aliphatic carbocycles. The zero-order valence-corrected chi connectivity index (χ0v) is 16.4. The quantitative estimate of drug-likeness (QED) is 0.485. The minimum atomic E-state index is -1.43. The first-order valence-corrected chi connectivity index (χ1v) is 11.1. The number of nitrogens with one attached hydrogen (secondary N) is 1. The number of methoxy groups -OCH3 is 1. The van der Waals surface area contributed by atoms with Crippen molar-refractivity contribution in [1.29, 1.82) is 0 Å². The minimum Gasteiger partial charge on any atom is -0.467 e. The van der Waals surface area contributed by atoms with Gasteiger partial charge in [-0.25, -0.2) is 9.59 Å². The van der Waals surface area contributed by atoms with Gasteiger partial charge < -0.3 is 14.8 Å². The van der Waals surface area contributed by atoms with Crippen molar-refractivity contribution in [2.45, 2.75) is 59.0 Å². The van der Waals surface area contributed by atoms with E-state index < -0.39 is 31.8 Å². The summed E-state index contributed by atoms with van der Waals surface area (Å²) in [5.74, 6) is 2.20. The molecule has 0 bridgehead atoms. The molecule has 0 aromatic carbocycles. The standard InChI is InChI=1S/C17H29NO4Si/c1-13(11-9-10-12-23(6,7)8)14(15(19)21-5)18-16(20)22-17(2,3)4/h9,11,13-14H,1-8H3,(H,18,20)/b11-9+/t13-,14-/m0/s1. The molecule has 0 aromatic heterocycles. The molecule has 0 heterocycles. The van der Waals surface area contributed by atoms with Crippen molar-refractivity contribution in [1.82, 2.24) is 5.32 Å². The van der Waals surface area contributed by atoms with Gasteiger partial charge in [0.1, 0.15) is 19.7 Å². The number of esters is 1. The number of hydrogen-bond donors (Lipinski definition) is 1. The summed E-state index contributed by atoms with van der Waals surface area (Å²) in [5, 5.41) is 2.55. The molecule has 0 aliphatic heterocycles. The largest absolute Gasteiger partial charge is 0.467 e. The summed E-state index contributed by atoms with van der Waals surface area (Å²) in [6.45, 7) is 13.5. The van der Waals surface area contributed by atoms with Crippen molar-refractivity contribution >= 4 is 20.1 Å². The fourth-order valence-electron chi connectivity index (χ4n) is 1.54. The fourth-order valence-corrected chi connectivity index (χ4v) is 2.05. The average Bonchev–Trinajstić information content (AvgIpc) is 2.36. The number of carbonyl (C=O) groups is 2. The van der Waals surface area contributed by atoms with Gasteiger partial charge in [-0.15, -0.1) is 5.54 Å². The van der Waals surface area contributed by atoms with E-state index in [4.69, 9.17) is 9.47 Å². The van der Waals surface area contributed by atoms with E-state index in [1.54, 1.807) is 32.9 Å². The van der Waals surface area contributed by atoms with Crippen LogP contribution in [0, 0.1) is 17.4 Å². The third-order valence-corrected chi connectivity index (χ3v) is 3.48. The van der Waals surface area contributed by atoms with Gasteiger partial charge in [-0.05, 0) is 26.8 Å². The zero-order valence-electron chi connectivity index (χ0n) is 15.4. The molecule has 0 rings (SSSR count). The fraction of sp³-hybridized carbons (Fsp3) is 0.647. The molecule has 130 valence electrons. The van der Waals surface area contributed by atoms with Gasteiger partial charge in [0.25, 0.3) is 0 Å². The molecule has 0 spiro atoms. The Morgan fingerprint density at radius 1 is 1.22 bits per heavy atom. The Labute approximate surface area is 140 Å². The molecule has 2 atom stereocenters. The van der Waals surface area contributed by atoms with E-state index in [0.29, 0.717) is 0 Å². The van der Waals surface area contributed by atoms with E-state index in [-0.39, 0.29) is 5.92 Å². The number of hydrogen-bond acceptors (Lipinski definition) is 4. The molecule has 0 unspecified atom stereocenters. The van der Waals surface area contributed by atoms with Crippen LogP contribution < -0.4 is 5.32 Å². The summed E-state index contributed by atoms with van der Waals surface area (Å²) >= 11 is 0. The van der Waals surface area contributed by atoms with Crippen molar-refractivity contribution in [3.63, 3.8) is 0 Å². The summed E-state index contributed by atoms with van der Waals surface area (Å²) < 4.78 is 9.93. The minimum absolute atomic E-state index is 0.272. The van der Waals surface area contributed by atoms with Crippen LogP contribution in [0.3, 0.4) is 0 Å². The molecule has 0 saturated heterocycles. The Bertz CT molecular complexity index is 503. The number of rotatable bonds is 4. The van der Waals surface area contributed by atoms with Gasteiger partial charge in [0.05, 0.1) is 7.11 Å². The number of amides is 1. The van der Waals surface area contributed by atoms with Gasteiger partial charge in [-0.2, -0.15) is 0 Å². The summed E-state index contributed by atoms with van der Waals surface area (Å²) in [5.41, 5.74) is 2.57. The van der Waals surface area contributed by atoms with Crippen LogP contribution in [0.2, 0.25) is 19.6 Å². The summed E-state index contributed by atoms with van der Waals surface area (Å²) in [6.07, 6.45) is 2.85. The van der Waals surface area contributed by atoms with Crippen LogP contribution in [0.5, 0.6) is 0 Å². The second-order valence-electron chi connectivity index (χ2n) is 7.38. The number of allylic oxidation sites excluding steroid dienone is 1. The van der Waals surface area contributed by atoms with Crippen LogP contribution in [0.15, 0.2) is 12.2 Å². The third kappa shape index (κ3) is 10.6. The van der Waals surface area contributed by atoms with E-state index >= 15 is 0 Å². The number of alkyl carbamates (subject to hydrolysis) is 1. The van der Waals surface area contributed by atoms with Crippen molar-refractivity contribution in [2.75, 3.05) is 7.11 Å². The molecular weight excluding hydrogens is 310 g/mol. The van der Waals surface area contributed by atoms with Crippen LogP contribution >= 0.6 is 0 Å². The SMILES string of the molecule is COC(=O)[C@@H](NC(=O)OC(C)(C)C)[C@@H](C)/C=C/C#C[Si](C)(C)C. The van der Waals surface area contributed by atoms with Crippen molar-refractivity contribution < 1.29 is 19.1 Å². The lowest BCUT2D eigenvalue weighted by Crippen LogP contribution is -2.47. The van der Waals surface area contributed by atoms with E-state index in [1.807, 2.05) is 6.92 Å². The smallest absolute Gasteiger partial charge is 0.408 e. The highest BCUT2D eigenvalue weighted by molar-refractivity contribution is 6.83.